The van der Waals surface area contributed by atoms with Crippen molar-refractivity contribution in [2.75, 3.05) is 32.1 Å². The zero-order valence-corrected chi connectivity index (χ0v) is 19.5. The Balaban J connectivity index is 1.63. The minimum atomic E-state index is -0.724. The number of nitrogens with one attached hydrogen (secondary N) is 1. The average Bonchev–Trinajstić information content (AvgIpc) is 3.19. The second kappa shape index (κ2) is 11.0. The number of hydrogen-bond acceptors (Lipinski definition) is 6. The van der Waals surface area contributed by atoms with Crippen molar-refractivity contribution >= 4 is 44.9 Å². The summed E-state index contributed by atoms with van der Waals surface area (Å²) in [6.45, 7) is 4.56. The molecule has 3 rings (SSSR count). The summed E-state index contributed by atoms with van der Waals surface area (Å²) in [4.78, 5) is 39.1. The number of fused-ring (bicyclic) bond motifs is 1. The second-order valence-corrected chi connectivity index (χ2v) is 8.19. The van der Waals surface area contributed by atoms with Crippen LogP contribution in [0.1, 0.15) is 39.4 Å². The summed E-state index contributed by atoms with van der Waals surface area (Å²) in [5, 5.41) is 2.94. The van der Waals surface area contributed by atoms with Gasteiger partial charge >= 0.3 is 5.97 Å². The fraction of sp³-hybridized carbons (Fsp3) is 0.292. The molecule has 0 aliphatic rings. The van der Waals surface area contributed by atoms with Gasteiger partial charge in [0, 0.05) is 47.1 Å². The lowest BCUT2D eigenvalue weighted by Gasteiger charge is -2.18. The summed E-state index contributed by atoms with van der Waals surface area (Å²) < 4.78 is 25.2. The lowest BCUT2D eigenvalue weighted by molar-refractivity contribution is -0.119. The van der Waals surface area contributed by atoms with Crippen molar-refractivity contribution in [3.63, 3.8) is 0 Å². The molecule has 0 spiro atoms. The second-order valence-electron chi connectivity index (χ2n) is 7.13. The van der Waals surface area contributed by atoms with E-state index in [4.69, 9.17) is 9.47 Å². The SMILES string of the molecule is CCN(CC)C(=O)c1ccc(NC(=O)COC(=O)c2sc3cccc(F)c3c2COC)cc1. The Bertz CT molecular complexity index is 1160. The number of ether oxygens (including phenoxy) is 2. The molecule has 7 nitrogen and oxygen atoms in total. The van der Waals surface area contributed by atoms with Crippen molar-refractivity contribution in [2.45, 2.75) is 20.5 Å². The molecular weight excluding hydrogens is 447 g/mol. The van der Waals surface area contributed by atoms with Gasteiger partial charge in [0.25, 0.3) is 11.8 Å². The molecule has 9 heteroatoms. The summed E-state index contributed by atoms with van der Waals surface area (Å²) in [5.74, 6) is -1.79. The molecule has 0 radical (unpaired) electrons. The molecule has 0 fully saturated rings. The Morgan fingerprint density at radius 2 is 1.76 bits per heavy atom. The summed E-state index contributed by atoms with van der Waals surface area (Å²) in [7, 11) is 1.45. The molecule has 174 valence electrons. The number of halogens is 1. The van der Waals surface area contributed by atoms with Crippen LogP contribution in [0.5, 0.6) is 0 Å². The van der Waals surface area contributed by atoms with Gasteiger partial charge in [-0.15, -0.1) is 11.3 Å². The molecule has 0 bridgehead atoms. The largest absolute Gasteiger partial charge is 0.451 e. The number of amides is 2. The maximum atomic E-state index is 14.3. The quantitative estimate of drug-likeness (QED) is 0.465. The van der Waals surface area contributed by atoms with Crippen LogP contribution in [-0.4, -0.2) is 49.5 Å². The molecule has 0 aliphatic carbocycles. The van der Waals surface area contributed by atoms with E-state index in [1.807, 2.05) is 13.8 Å². The molecule has 0 unspecified atom stereocenters. The molecule has 33 heavy (non-hydrogen) atoms. The van der Waals surface area contributed by atoms with Crippen LogP contribution in [0.25, 0.3) is 10.1 Å². The fourth-order valence-electron chi connectivity index (χ4n) is 3.40. The molecule has 0 aliphatic heterocycles. The average molecular weight is 473 g/mol. The van der Waals surface area contributed by atoms with Crippen LogP contribution in [0, 0.1) is 5.82 Å². The first-order chi connectivity index (χ1) is 15.9. The molecule has 1 heterocycles. The van der Waals surface area contributed by atoms with Crippen molar-refractivity contribution in [1.29, 1.82) is 0 Å². The summed E-state index contributed by atoms with van der Waals surface area (Å²) >= 11 is 1.09. The van der Waals surface area contributed by atoms with Crippen molar-refractivity contribution in [2.24, 2.45) is 0 Å². The van der Waals surface area contributed by atoms with Gasteiger partial charge in [-0.1, -0.05) is 6.07 Å². The van der Waals surface area contributed by atoms with Crippen molar-refractivity contribution in [3.8, 4) is 0 Å². The number of nitrogens with zero attached hydrogens (tertiary/aromatic N) is 1. The molecular formula is C24H25FN2O5S. The number of methoxy groups -OCH3 is 1. The van der Waals surface area contributed by atoms with E-state index in [0.29, 0.717) is 40.0 Å². The van der Waals surface area contributed by atoms with E-state index in [2.05, 4.69) is 5.32 Å². The maximum Gasteiger partial charge on any atom is 0.349 e. The molecule has 1 N–H and O–H groups in total. The Hall–Kier alpha value is -3.30. The van der Waals surface area contributed by atoms with Gasteiger partial charge in [-0.05, 0) is 50.2 Å². The van der Waals surface area contributed by atoms with Gasteiger partial charge in [0.15, 0.2) is 6.61 Å². The number of anilines is 1. The molecule has 2 amide bonds. The van der Waals surface area contributed by atoms with Gasteiger partial charge in [-0.2, -0.15) is 0 Å². The van der Waals surface area contributed by atoms with Crippen LogP contribution in [0.15, 0.2) is 42.5 Å². The highest BCUT2D eigenvalue weighted by molar-refractivity contribution is 7.21. The zero-order valence-electron chi connectivity index (χ0n) is 18.6. The van der Waals surface area contributed by atoms with E-state index in [1.165, 1.54) is 13.2 Å². The van der Waals surface area contributed by atoms with E-state index in [9.17, 15) is 18.8 Å². The number of benzene rings is 2. The highest BCUT2D eigenvalue weighted by Crippen LogP contribution is 2.34. The van der Waals surface area contributed by atoms with E-state index >= 15 is 0 Å². The van der Waals surface area contributed by atoms with Crippen LogP contribution in [0.3, 0.4) is 0 Å². The van der Waals surface area contributed by atoms with E-state index < -0.39 is 24.3 Å². The third-order valence-electron chi connectivity index (χ3n) is 5.04. The Morgan fingerprint density at radius 1 is 1.06 bits per heavy atom. The van der Waals surface area contributed by atoms with Gasteiger partial charge < -0.3 is 19.7 Å². The molecule has 0 saturated carbocycles. The van der Waals surface area contributed by atoms with Crippen LogP contribution in [0.2, 0.25) is 0 Å². The standard InChI is InChI=1S/C24H25FN2O5S/c1-4-27(5-2)23(29)15-9-11-16(12-10-15)26-20(28)14-32-24(30)22-17(13-31-3)21-18(25)7-6-8-19(21)33-22/h6-12H,4-5,13-14H2,1-3H3,(H,26,28). The third-order valence-corrected chi connectivity index (χ3v) is 6.22. The number of esters is 1. The Kier molecular flexibility index (Phi) is 8.13. The minimum absolute atomic E-state index is 0.0378. The van der Waals surface area contributed by atoms with E-state index in [1.54, 1.807) is 41.3 Å². The lowest BCUT2D eigenvalue weighted by atomic mass is 10.1. The predicted molar refractivity (Wildman–Crippen MR) is 125 cm³/mol. The zero-order chi connectivity index (χ0) is 24.0. The number of thiophene rings is 1. The van der Waals surface area contributed by atoms with Crippen molar-refractivity contribution in [1.82, 2.24) is 4.90 Å². The van der Waals surface area contributed by atoms with E-state index in [0.717, 1.165) is 11.3 Å². The van der Waals surface area contributed by atoms with Crippen molar-refractivity contribution < 1.29 is 28.2 Å². The Morgan fingerprint density at radius 3 is 2.39 bits per heavy atom. The maximum absolute atomic E-state index is 14.3. The lowest BCUT2D eigenvalue weighted by Crippen LogP contribution is -2.30. The predicted octanol–water partition coefficient (Wildman–Crippen LogP) is 4.46. The first kappa shape index (κ1) is 24.3. The van der Waals surface area contributed by atoms with E-state index in [-0.39, 0.29) is 17.4 Å². The van der Waals surface area contributed by atoms with Gasteiger partial charge in [0.05, 0.1) is 6.61 Å². The highest BCUT2D eigenvalue weighted by atomic mass is 32.1. The number of carbonyl (C=O) groups excluding carboxylic acids is 3. The van der Waals surface area contributed by atoms with Gasteiger partial charge in [-0.25, -0.2) is 9.18 Å². The monoisotopic (exact) mass is 472 g/mol. The summed E-state index contributed by atoms with van der Waals surface area (Å²) in [6, 6.07) is 11.1. The smallest absolute Gasteiger partial charge is 0.349 e. The first-order valence-corrected chi connectivity index (χ1v) is 11.3. The number of hydrogen-bond donors (Lipinski definition) is 1. The molecule has 0 saturated heterocycles. The fourth-order valence-corrected chi connectivity index (χ4v) is 4.51. The molecule has 1 aromatic heterocycles. The molecule has 2 aromatic carbocycles. The summed E-state index contributed by atoms with van der Waals surface area (Å²) in [6.07, 6.45) is 0. The minimum Gasteiger partial charge on any atom is -0.451 e. The van der Waals surface area contributed by atoms with Gasteiger partial charge in [0.1, 0.15) is 10.7 Å². The van der Waals surface area contributed by atoms with Crippen LogP contribution in [0.4, 0.5) is 10.1 Å². The molecule has 3 aromatic rings. The number of carbonyl (C=O) groups is 3. The number of rotatable bonds is 9. The highest BCUT2D eigenvalue weighted by Gasteiger charge is 2.22. The first-order valence-electron chi connectivity index (χ1n) is 10.4. The van der Waals surface area contributed by atoms with Gasteiger partial charge in [0.2, 0.25) is 0 Å². The molecule has 0 atom stereocenters. The van der Waals surface area contributed by atoms with Crippen LogP contribution >= 0.6 is 11.3 Å². The topological polar surface area (TPSA) is 84.9 Å². The Labute approximate surface area is 195 Å². The van der Waals surface area contributed by atoms with Crippen LogP contribution in [-0.2, 0) is 20.9 Å². The van der Waals surface area contributed by atoms with Crippen molar-refractivity contribution in [3.05, 3.63) is 64.3 Å². The normalized spacial score (nSPS) is 10.8. The van der Waals surface area contributed by atoms with Crippen LogP contribution < -0.4 is 5.32 Å². The van der Waals surface area contributed by atoms with Gasteiger partial charge in [-0.3, -0.25) is 9.59 Å². The summed E-state index contributed by atoms with van der Waals surface area (Å²) in [5.41, 5.74) is 1.39. The third kappa shape index (κ3) is 5.55.